The minimum atomic E-state index is -1.64. The van der Waals surface area contributed by atoms with E-state index in [0.717, 1.165) is 6.07 Å². The van der Waals surface area contributed by atoms with Gasteiger partial charge in [-0.1, -0.05) is 12.1 Å². The topological polar surface area (TPSA) is 166 Å². The Labute approximate surface area is 176 Å². The zero-order valence-electron chi connectivity index (χ0n) is 16.2. The first kappa shape index (κ1) is 21.3. The van der Waals surface area contributed by atoms with E-state index in [2.05, 4.69) is 0 Å². The van der Waals surface area contributed by atoms with Gasteiger partial charge >= 0.3 is 0 Å². The highest BCUT2D eigenvalue weighted by Crippen LogP contribution is 2.42. The third kappa shape index (κ3) is 4.03. The number of ether oxygens (including phenoxy) is 3. The molecule has 2 heterocycles. The third-order valence-corrected chi connectivity index (χ3v) is 5.34. The molecule has 2 aliphatic heterocycles. The Bertz CT molecular complexity index is 957. The molecule has 10 heteroatoms. The normalized spacial score (nSPS) is 30.4. The predicted molar refractivity (Wildman–Crippen MR) is 103 cm³/mol. The van der Waals surface area contributed by atoms with Gasteiger partial charge in [-0.2, -0.15) is 0 Å². The molecule has 0 aromatic heterocycles. The lowest BCUT2D eigenvalue weighted by Gasteiger charge is -2.39. The molecule has 6 N–H and O–H groups in total. The summed E-state index contributed by atoms with van der Waals surface area (Å²) in [6.07, 6.45) is -8.09. The van der Waals surface area contributed by atoms with Gasteiger partial charge in [0.1, 0.15) is 59.1 Å². The number of benzene rings is 2. The van der Waals surface area contributed by atoms with Gasteiger partial charge in [0.15, 0.2) is 5.78 Å². The van der Waals surface area contributed by atoms with Gasteiger partial charge in [-0.05, 0) is 17.7 Å². The van der Waals surface area contributed by atoms with Crippen molar-refractivity contribution in [2.24, 2.45) is 0 Å². The zero-order valence-corrected chi connectivity index (χ0v) is 16.2. The summed E-state index contributed by atoms with van der Waals surface area (Å²) in [4.78, 5) is 12.6. The Kier molecular flexibility index (Phi) is 5.73. The van der Waals surface area contributed by atoms with E-state index in [1.54, 1.807) is 12.1 Å². The Balaban J connectivity index is 1.59. The Morgan fingerprint density at radius 1 is 1.00 bits per heavy atom. The molecule has 1 fully saturated rings. The van der Waals surface area contributed by atoms with Gasteiger partial charge in [-0.15, -0.1) is 0 Å². The molecule has 2 aliphatic rings. The number of phenols is 2. The van der Waals surface area contributed by atoms with Crippen molar-refractivity contribution in [2.45, 2.75) is 43.2 Å². The fraction of sp³-hybridized carbons (Fsp3) is 0.381. The van der Waals surface area contributed by atoms with Crippen LogP contribution in [0.5, 0.6) is 23.0 Å². The van der Waals surface area contributed by atoms with Gasteiger partial charge in [0.25, 0.3) is 0 Å². The molecule has 0 saturated carbocycles. The molecule has 0 radical (unpaired) electrons. The van der Waals surface area contributed by atoms with Crippen molar-refractivity contribution in [3.05, 3.63) is 47.5 Å². The molecule has 4 rings (SSSR count). The minimum Gasteiger partial charge on any atom is -0.508 e. The molecule has 0 amide bonds. The van der Waals surface area contributed by atoms with Crippen LogP contribution in [-0.4, -0.2) is 73.7 Å². The number of rotatable bonds is 4. The number of carbonyl (C=O) groups excluding carboxylic acids is 1. The lowest BCUT2D eigenvalue weighted by atomic mass is 9.95. The molecule has 1 unspecified atom stereocenters. The Hall–Kier alpha value is -2.89. The molecular weight excluding hydrogens is 412 g/mol. The van der Waals surface area contributed by atoms with E-state index in [-0.39, 0.29) is 35.0 Å². The van der Waals surface area contributed by atoms with Gasteiger partial charge < -0.3 is 44.8 Å². The van der Waals surface area contributed by atoms with E-state index < -0.39 is 49.2 Å². The van der Waals surface area contributed by atoms with Crippen LogP contribution in [0.25, 0.3) is 0 Å². The van der Waals surface area contributed by atoms with Crippen molar-refractivity contribution in [2.75, 3.05) is 6.61 Å². The number of phenolic OH excluding ortho intramolecular Hbond substituents is 2. The van der Waals surface area contributed by atoms with Crippen molar-refractivity contribution < 1.29 is 49.6 Å². The summed E-state index contributed by atoms with van der Waals surface area (Å²) < 4.78 is 16.7. The van der Waals surface area contributed by atoms with Gasteiger partial charge in [-0.25, -0.2) is 0 Å². The summed E-state index contributed by atoms with van der Waals surface area (Å²) >= 11 is 0. The maximum Gasteiger partial charge on any atom is 0.229 e. The van der Waals surface area contributed by atoms with Crippen LogP contribution >= 0.6 is 0 Å². The fourth-order valence-corrected chi connectivity index (χ4v) is 3.66. The average molecular weight is 434 g/mol. The number of aliphatic hydroxyl groups is 4. The monoisotopic (exact) mass is 434 g/mol. The average Bonchev–Trinajstić information content (AvgIpc) is 2.74. The maximum atomic E-state index is 12.6. The van der Waals surface area contributed by atoms with E-state index in [0.29, 0.717) is 5.56 Å². The van der Waals surface area contributed by atoms with E-state index >= 15 is 0 Å². The van der Waals surface area contributed by atoms with Crippen LogP contribution < -0.4 is 9.47 Å². The molecule has 0 spiro atoms. The second kappa shape index (κ2) is 8.33. The summed E-state index contributed by atoms with van der Waals surface area (Å²) in [5.41, 5.74) is 0.632. The molecule has 0 aliphatic carbocycles. The van der Waals surface area contributed by atoms with Crippen LogP contribution in [-0.2, 0) is 4.74 Å². The van der Waals surface area contributed by atoms with Crippen molar-refractivity contribution >= 4 is 5.78 Å². The maximum absolute atomic E-state index is 12.6. The quantitative estimate of drug-likeness (QED) is 0.385. The van der Waals surface area contributed by atoms with E-state index in [9.17, 15) is 35.4 Å². The van der Waals surface area contributed by atoms with Gasteiger partial charge in [-0.3, -0.25) is 4.79 Å². The molecule has 166 valence electrons. The molecule has 1 saturated heterocycles. The standard InChI is InChI=1S/C21H22O10/c22-8-16-18(26)19(27)20(28)21(31-16)29-11-5-12(24)17-13(25)7-14(30-15(17)6-11)9-1-3-10(23)4-2-9/h1-6,14,16,18-24,26-28H,7-8H2/t14?,16-,18-,19+,20-,21-/m1/s1. The van der Waals surface area contributed by atoms with Gasteiger partial charge in [0.2, 0.25) is 6.29 Å². The van der Waals surface area contributed by atoms with Crippen molar-refractivity contribution in [3.63, 3.8) is 0 Å². The van der Waals surface area contributed by atoms with Crippen LogP contribution in [0.15, 0.2) is 36.4 Å². The number of Topliss-reactive ketones (excluding diaryl/α,β-unsaturated/α-hetero) is 1. The number of ketones is 1. The van der Waals surface area contributed by atoms with Crippen molar-refractivity contribution in [1.82, 2.24) is 0 Å². The lowest BCUT2D eigenvalue weighted by molar-refractivity contribution is -0.277. The summed E-state index contributed by atoms with van der Waals surface area (Å²) in [6, 6.07) is 8.64. The Morgan fingerprint density at radius 2 is 1.71 bits per heavy atom. The SMILES string of the molecule is O=C1CC(c2ccc(O)cc2)Oc2cc(O[C@@H]3O[C@H](CO)[C@@H](O)[C@H](O)[C@H]3O)cc(O)c21. The summed E-state index contributed by atoms with van der Waals surface area (Å²) in [5.74, 6) is -0.657. The fourth-order valence-electron chi connectivity index (χ4n) is 3.66. The molecule has 6 atom stereocenters. The molecule has 0 bridgehead atoms. The van der Waals surface area contributed by atoms with Crippen LogP contribution in [0, 0.1) is 0 Å². The van der Waals surface area contributed by atoms with Crippen LogP contribution in [0.2, 0.25) is 0 Å². The highest BCUT2D eigenvalue weighted by atomic mass is 16.7. The lowest BCUT2D eigenvalue weighted by Crippen LogP contribution is -2.60. The third-order valence-electron chi connectivity index (χ3n) is 5.34. The first-order chi connectivity index (χ1) is 14.8. The number of hydrogen-bond acceptors (Lipinski definition) is 10. The number of fused-ring (bicyclic) bond motifs is 1. The first-order valence-corrected chi connectivity index (χ1v) is 9.61. The molecular formula is C21H22O10. The van der Waals surface area contributed by atoms with E-state index in [1.165, 1.54) is 18.2 Å². The number of aliphatic hydroxyl groups excluding tert-OH is 4. The van der Waals surface area contributed by atoms with Crippen LogP contribution in [0.3, 0.4) is 0 Å². The van der Waals surface area contributed by atoms with Gasteiger partial charge in [0.05, 0.1) is 13.0 Å². The number of carbonyl (C=O) groups is 1. The van der Waals surface area contributed by atoms with Crippen molar-refractivity contribution in [3.8, 4) is 23.0 Å². The Morgan fingerprint density at radius 3 is 2.39 bits per heavy atom. The van der Waals surface area contributed by atoms with Crippen LogP contribution in [0.1, 0.15) is 28.4 Å². The summed E-state index contributed by atoms with van der Waals surface area (Å²) in [6.45, 7) is -0.619. The first-order valence-electron chi connectivity index (χ1n) is 9.61. The van der Waals surface area contributed by atoms with Crippen LogP contribution in [0.4, 0.5) is 0 Å². The van der Waals surface area contributed by atoms with Crippen molar-refractivity contribution in [1.29, 1.82) is 0 Å². The molecule has 10 nitrogen and oxygen atoms in total. The summed E-state index contributed by atoms with van der Waals surface area (Å²) in [7, 11) is 0. The molecule has 2 aromatic carbocycles. The zero-order chi connectivity index (χ0) is 22.3. The highest BCUT2D eigenvalue weighted by molar-refractivity contribution is 6.02. The predicted octanol–water partition coefficient (Wildman–Crippen LogP) is -0.0170. The highest BCUT2D eigenvalue weighted by Gasteiger charge is 2.45. The largest absolute Gasteiger partial charge is 0.508 e. The smallest absolute Gasteiger partial charge is 0.229 e. The van der Waals surface area contributed by atoms with Gasteiger partial charge in [0, 0.05) is 12.1 Å². The number of hydrogen-bond donors (Lipinski definition) is 6. The van der Waals surface area contributed by atoms with E-state index in [4.69, 9.17) is 14.2 Å². The second-order valence-electron chi connectivity index (χ2n) is 7.46. The molecule has 31 heavy (non-hydrogen) atoms. The molecule has 2 aromatic rings. The second-order valence-corrected chi connectivity index (χ2v) is 7.46. The number of aromatic hydroxyl groups is 2. The minimum absolute atomic E-state index is 0.0156. The summed E-state index contributed by atoms with van der Waals surface area (Å²) in [5, 5.41) is 59.0. The van der Waals surface area contributed by atoms with E-state index in [1.807, 2.05) is 0 Å².